The summed E-state index contributed by atoms with van der Waals surface area (Å²) in [5, 5.41) is -0.400. The van der Waals surface area contributed by atoms with Crippen molar-refractivity contribution in [2.45, 2.75) is 67.7 Å². The first kappa shape index (κ1) is 19.2. The van der Waals surface area contributed by atoms with Gasteiger partial charge in [-0.05, 0) is 61.9 Å². The van der Waals surface area contributed by atoms with E-state index in [2.05, 4.69) is 6.92 Å². The van der Waals surface area contributed by atoms with Gasteiger partial charge in [-0.2, -0.15) is 0 Å². The second kappa shape index (κ2) is 7.70. The molecule has 5 heteroatoms. The Balaban J connectivity index is 1.52. The maximum absolute atomic E-state index is 13.1. The van der Waals surface area contributed by atoms with Crippen LogP contribution in [0.15, 0.2) is 59.5 Å². The Hall–Kier alpha value is -2.14. The molecule has 0 saturated carbocycles. The smallest absolute Gasteiger partial charge is 0.254 e. The first-order valence-electron chi connectivity index (χ1n) is 10.2. The van der Waals surface area contributed by atoms with Gasteiger partial charge in [-0.25, -0.2) is 8.42 Å². The summed E-state index contributed by atoms with van der Waals surface area (Å²) in [5.41, 5.74) is 1.95. The fourth-order valence-corrected chi connectivity index (χ4v) is 6.64. The van der Waals surface area contributed by atoms with Crippen LogP contribution in [-0.4, -0.2) is 36.6 Å². The van der Waals surface area contributed by atoms with Crippen molar-refractivity contribution in [3.63, 3.8) is 0 Å². The van der Waals surface area contributed by atoms with Crippen molar-refractivity contribution in [3.8, 4) is 0 Å². The van der Waals surface area contributed by atoms with Gasteiger partial charge in [0.1, 0.15) is 0 Å². The molecule has 2 heterocycles. The van der Waals surface area contributed by atoms with Crippen LogP contribution in [0, 0.1) is 0 Å². The topological polar surface area (TPSA) is 54.5 Å². The molecule has 2 saturated heterocycles. The first-order valence-corrected chi connectivity index (χ1v) is 11.8. The second-order valence-corrected chi connectivity index (χ2v) is 10.2. The number of hydrogen-bond acceptors (Lipinski definition) is 3. The summed E-state index contributed by atoms with van der Waals surface area (Å²) in [6.07, 6.45) is 4.96. The number of hydrogen-bond donors (Lipinski definition) is 0. The standard InChI is InChI=1S/C23H27NO3S/c1-2-6-17-9-11-18(12-10-17)23(25)24-19-13-14-20(24)16-22(15-19)28(26,27)21-7-4-3-5-8-21/h3-5,7-12,19-20,22H,2,6,13-16H2,1H3/t19-,20-/m1/s1. The van der Waals surface area contributed by atoms with Gasteiger partial charge in [0.15, 0.2) is 9.84 Å². The number of amides is 1. The van der Waals surface area contributed by atoms with Crippen LogP contribution in [0.2, 0.25) is 0 Å². The molecule has 2 bridgehead atoms. The Morgan fingerprint density at radius 1 is 0.964 bits per heavy atom. The highest BCUT2D eigenvalue weighted by Crippen LogP contribution is 2.40. The van der Waals surface area contributed by atoms with Gasteiger partial charge < -0.3 is 4.90 Å². The maximum Gasteiger partial charge on any atom is 0.254 e. The van der Waals surface area contributed by atoms with Gasteiger partial charge in [-0.15, -0.1) is 0 Å². The summed E-state index contributed by atoms with van der Waals surface area (Å²) < 4.78 is 26.1. The molecular formula is C23H27NO3S. The van der Waals surface area contributed by atoms with Crippen molar-refractivity contribution in [2.75, 3.05) is 0 Å². The van der Waals surface area contributed by atoms with Crippen LogP contribution in [-0.2, 0) is 16.3 Å². The molecule has 2 aromatic carbocycles. The lowest BCUT2D eigenvalue weighted by Gasteiger charge is -2.38. The molecule has 0 N–H and O–H groups in total. The summed E-state index contributed by atoms with van der Waals surface area (Å²) in [5.74, 6) is 0.0473. The Kier molecular flexibility index (Phi) is 5.28. The van der Waals surface area contributed by atoms with E-state index in [-0.39, 0.29) is 18.0 Å². The van der Waals surface area contributed by atoms with Gasteiger partial charge in [0, 0.05) is 17.6 Å². The molecule has 0 unspecified atom stereocenters. The lowest BCUT2D eigenvalue weighted by atomic mass is 10.00. The predicted octanol–water partition coefficient (Wildman–Crippen LogP) is 4.25. The molecule has 4 nitrogen and oxygen atoms in total. The molecule has 2 aliphatic rings. The molecular weight excluding hydrogens is 370 g/mol. The molecule has 0 spiro atoms. The number of rotatable bonds is 5. The number of piperidine rings is 1. The maximum atomic E-state index is 13.1. The van der Waals surface area contributed by atoms with Gasteiger partial charge >= 0.3 is 0 Å². The van der Waals surface area contributed by atoms with E-state index in [9.17, 15) is 13.2 Å². The van der Waals surface area contributed by atoms with Crippen molar-refractivity contribution in [3.05, 3.63) is 65.7 Å². The number of aryl methyl sites for hydroxylation is 1. The predicted molar refractivity (Wildman–Crippen MR) is 110 cm³/mol. The van der Waals surface area contributed by atoms with Gasteiger partial charge in [-0.1, -0.05) is 43.7 Å². The van der Waals surface area contributed by atoms with E-state index in [1.165, 1.54) is 5.56 Å². The molecule has 2 fully saturated rings. The summed E-state index contributed by atoms with van der Waals surface area (Å²) in [6, 6.07) is 16.6. The molecule has 148 valence electrons. The monoisotopic (exact) mass is 397 g/mol. The Bertz CT molecular complexity index is 924. The van der Waals surface area contributed by atoms with Crippen LogP contribution in [0.1, 0.15) is 54.9 Å². The first-order chi connectivity index (χ1) is 13.5. The number of nitrogens with zero attached hydrogens (tertiary/aromatic N) is 1. The van der Waals surface area contributed by atoms with E-state index < -0.39 is 15.1 Å². The average molecular weight is 398 g/mol. The van der Waals surface area contributed by atoms with Crippen molar-refractivity contribution in [1.29, 1.82) is 0 Å². The Morgan fingerprint density at radius 3 is 2.14 bits per heavy atom. The van der Waals surface area contributed by atoms with Crippen molar-refractivity contribution < 1.29 is 13.2 Å². The van der Waals surface area contributed by atoms with Crippen LogP contribution in [0.4, 0.5) is 0 Å². The second-order valence-electron chi connectivity index (χ2n) is 8.00. The molecule has 2 atom stereocenters. The molecule has 4 rings (SSSR count). The fraction of sp³-hybridized carbons (Fsp3) is 0.435. The van der Waals surface area contributed by atoms with Crippen LogP contribution in [0.3, 0.4) is 0 Å². The third kappa shape index (κ3) is 3.48. The zero-order valence-electron chi connectivity index (χ0n) is 16.3. The molecule has 1 amide bonds. The van der Waals surface area contributed by atoms with Crippen molar-refractivity contribution >= 4 is 15.7 Å². The summed E-state index contributed by atoms with van der Waals surface area (Å²) in [4.78, 5) is 15.5. The third-order valence-electron chi connectivity index (χ3n) is 6.17. The largest absolute Gasteiger partial charge is 0.333 e. The van der Waals surface area contributed by atoms with E-state index in [0.717, 1.165) is 25.7 Å². The molecule has 2 aliphatic heterocycles. The molecule has 0 aliphatic carbocycles. The Morgan fingerprint density at radius 2 is 1.57 bits per heavy atom. The van der Waals surface area contributed by atoms with Crippen LogP contribution >= 0.6 is 0 Å². The highest BCUT2D eigenvalue weighted by Gasteiger charge is 2.47. The van der Waals surface area contributed by atoms with E-state index in [4.69, 9.17) is 0 Å². The lowest BCUT2D eigenvalue weighted by Crippen LogP contribution is -2.49. The number of fused-ring (bicyclic) bond motifs is 2. The number of carbonyl (C=O) groups excluding carboxylic acids is 1. The summed E-state index contributed by atoms with van der Waals surface area (Å²) >= 11 is 0. The minimum atomic E-state index is -3.35. The zero-order valence-corrected chi connectivity index (χ0v) is 17.1. The lowest BCUT2D eigenvalue weighted by molar-refractivity contribution is 0.0598. The third-order valence-corrected chi connectivity index (χ3v) is 8.37. The van der Waals surface area contributed by atoms with Crippen LogP contribution in [0.25, 0.3) is 0 Å². The molecule has 0 radical (unpaired) electrons. The van der Waals surface area contributed by atoms with E-state index in [1.54, 1.807) is 24.3 Å². The molecule has 28 heavy (non-hydrogen) atoms. The molecule has 2 aromatic rings. The number of sulfone groups is 1. The van der Waals surface area contributed by atoms with E-state index >= 15 is 0 Å². The highest BCUT2D eigenvalue weighted by atomic mass is 32.2. The van der Waals surface area contributed by atoms with Gasteiger partial charge in [-0.3, -0.25) is 4.79 Å². The van der Waals surface area contributed by atoms with Crippen LogP contribution < -0.4 is 0 Å². The van der Waals surface area contributed by atoms with Gasteiger partial charge in [0.25, 0.3) is 5.91 Å². The summed E-state index contributed by atoms with van der Waals surface area (Å²) in [6.45, 7) is 2.14. The minimum Gasteiger partial charge on any atom is -0.333 e. The van der Waals surface area contributed by atoms with Crippen molar-refractivity contribution in [2.24, 2.45) is 0 Å². The Labute approximate surface area is 167 Å². The fourth-order valence-electron chi connectivity index (χ4n) is 4.77. The number of carbonyl (C=O) groups is 1. The SMILES string of the molecule is CCCc1ccc(C(=O)N2[C@@H]3CC[C@@H]2CC(S(=O)(=O)c2ccccc2)C3)cc1. The van der Waals surface area contributed by atoms with Crippen molar-refractivity contribution in [1.82, 2.24) is 4.90 Å². The highest BCUT2D eigenvalue weighted by molar-refractivity contribution is 7.92. The quantitative estimate of drug-likeness (QED) is 0.758. The number of benzene rings is 2. The zero-order chi connectivity index (χ0) is 19.7. The normalized spacial score (nSPS) is 24.3. The van der Waals surface area contributed by atoms with E-state index in [1.807, 2.05) is 35.2 Å². The molecule has 0 aromatic heterocycles. The van der Waals surface area contributed by atoms with E-state index in [0.29, 0.717) is 23.3 Å². The van der Waals surface area contributed by atoms with Gasteiger partial charge in [0.05, 0.1) is 10.1 Å². The van der Waals surface area contributed by atoms with Gasteiger partial charge in [0.2, 0.25) is 0 Å². The van der Waals surface area contributed by atoms with Crippen LogP contribution in [0.5, 0.6) is 0 Å². The average Bonchev–Trinajstić information content (AvgIpc) is 2.97. The summed E-state index contributed by atoms with van der Waals surface area (Å²) in [7, 11) is -3.35. The minimum absolute atomic E-state index is 0.0186.